The number of hydrogen-bond donors (Lipinski definition) is 2. The molecule has 1 aliphatic rings. The largest absolute Gasteiger partial charge is 0.396 e. The van der Waals surface area contributed by atoms with Crippen molar-refractivity contribution in [3.8, 4) is 0 Å². The summed E-state index contributed by atoms with van der Waals surface area (Å²) < 4.78 is 0. The molecule has 100 valence electrons. The van der Waals surface area contributed by atoms with Crippen LogP contribution in [-0.2, 0) is 0 Å². The first-order chi connectivity index (χ1) is 8.63. The molecule has 0 amide bonds. The number of nitrogens with one attached hydrogen (secondary N) is 1. The maximum atomic E-state index is 8.88. The van der Waals surface area contributed by atoms with E-state index in [1.165, 1.54) is 17.5 Å². The van der Waals surface area contributed by atoms with E-state index in [-0.39, 0.29) is 0 Å². The van der Waals surface area contributed by atoms with Crippen molar-refractivity contribution in [3.63, 3.8) is 0 Å². The average molecular weight is 247 g/mol. The van der Waals surface area contributed by atoms with E-state index in [9.17, 15) is 0 Å². The molecule has 2 N–H and O–H groups in total. The first-order valence-electron chi connectivity index (χ1n) is 7.09. The third-order valence-corrected chi connectivity index (χ3v) is 4.10. The number of aryl methyl sites for hydroxylation is 1. The summed E-state index contributed by atoms with van der Waals surface area (Å²) in [7, 11) is 0. The molecule has 0 aliphatic heterocycles. The standard InChI is InChI=1S/C16H25NO/c1-11-6-4-8-14-15(10-12(2)16(11)14)17-13(3)7-5-9-18/h4,6,8,12-13,15,17-18H,5,7,9-10H2,1-3H3. The quantitative estimate of drug-likeness (QED) is 0.837. The first kappa shape index (κ1) is 13.6. The van der Waals surface area contributed by atoms with Crippen molar-refractivity contribution in [2.45, 2.75) is 58.0 Å². The SMILES string of the molecule is Cc1cccc2c1C(C)CC2NC(C)CCCO. The van der Waals surface area contributed by atoms with Crippen molar-refractivity contribution in [2.75, 3.05) is 6.61 Å². The van der Waals surface area contributed by atoms with Crippen LogP contribution in [0.15, 0.2) is 18.2 Å². The number of fused-ring (bicyclic) bond motifs is 1. The van der Waals surface area contributed by atoms with E-state index < -0.39 is 0 Å². The Morgan fingerprint density at radius 1 is 1.44 bits per heavy atom. The van der Waals surface area contributed by atoms with Crippen molar-refractivity contribution in [1.82, 2.24) is 5.32 Å². The Morgan fingerprint density at radius 2 is 2.22 bits per heavy atom. The first-order valence-corrected chi connectivity index (χ1v) is 7.09. The van der Waals surface area contributed by atoms with Gasteiger partial charge >= 0.3 is 0 Å². The highest BCUT2D eigenvalue weighted by molar-refractivity contribution is 5.43. The highest BCUT2D eigenvalue weighted by Crippen LogP contribution is 2.41. The van der Waals surface area contributed by atoms with Gasteiger partial charge in [0.15, 0.2) is 0 Å². The number of benzene rings is 1. The molecule has 0 radical (unpaired) electrons. The van der Waals surface area contributed by atoms with Gasteiger partial charge in [0.2, 0.25) is 0 Å². The summed E-state index contributed by atoms with van der Waals surface area (Å²) in [5.74, 6) is 0.656. The molecule has 0 saturated carbocycles. The smallest absolute Gasteiger partial charge is 0.0431 e. The zero-order valence-corrected chi connectivity index (χ0v) is 11.7. The summed E-state index contributed by atoms with van der Waals surface area (Å²) in [6.45, 7) is 7.05. The van der Waals surface area contributed by atoms with E-state index in [4.69, 9.17) is 5.11 Å². The Labute approximate surface area is 110 Å². The van der Waals surface area contributed by atoms with Crippen LogP contribution < -0.4 is 5.32 Å². The van der Waals surface area contributed by atoms with Gasteiger partial charge < -0.3 is 10.4 Å². The van der Waals surface area contributed by atoms with E-state index in [2.05, 4.69) is 44.3 Å². The topological polar surface area (TPSA) is 32.3 Å². The van der Waals surface area contributed by atoms with Gasteiger partial charge in [0.25, 0.3) is 0 Å². The summed E-state index contributed by atoms with van der Waals surface area (Å²) >= 11 is 0. The van der Waals surface area contributed by atoms with Gasteiger partial charge in [0.05, 0.1) is 0 Å². The molecule has 2 rings (SSSR count). The average Bonchev–Trinajstić information content (AvgIpc) is 2.65. The van der Waals surface area contributed by atoms with Crippen molar-refractivity contribution >= 4 is 0 Å². The molecule has 0 fully saturated rings. The molecule has 18 heavy (non-hydrogen) atoms. The molecule has 3 atom stereocenters. The van der Waals surface area contributed by atoms with Gasteiger partial charge in [-0.25, -0.2) is 0 Å². The molecule has 0 heterocycles. The number of hydrogen-bond acceptors (Lipinski definition) is 2. The lowest BCUT2D eigenvalue weighted by Crippen LogP contribution is -2.29. The Morgan fingerprint density at radius 3 is 2.94 bits per heavy atom. The van der Waals surface area contributed by atoms with Crippen molar-refractivity contribution in [2.24, 2.45) is 0 Å². The normalized spacial score (nSPS) is 24.0. The van der Waals surface area contributed by atoms with Crippen LogP contribution >= 0.6 is 0 Å². The molecule has 0 bridgehead atoms. The lowest BCUT2D eigenvalue weighted by Gasteiger charge is -2.20. The monoisotopic (exact) mass is 247 g/mol. The Kier molecular flexibility index (Phi) is 4.41. The highest BCUT2D eigenvalue weighted by Gasteiger charge is 2.29. The van der Waals surface area contributed by atoms with E-state index in [1.807, 2.05) is 0 Å². The molecule has 2 heteroatoms. The highest BCUT2D eigenvalue weighted by atomic mass is 16.2. The van der Waals surface area contributed by atoms with Crippen molar-refractivity contribution in [1.29, 1.82) is 0 Å². The van der Waals surface area contributed by atoms with Crippen LogP contribution in [0.25, 0.3) is 0 Å². The number of aliphatic hydroxyl groups is 1. The van der Waals surface area contributed by atoms with E-state index in [0.29, 0.717) is 24.6 Å². The van der Waals surface area contributed by atoms with Crippen LogP contribution in [0.1, 0.15) is 61.8 Å². The molecule has 0 aromatic heterocycles. The Bertz CT molecular complexity index is 402. The van der Waals surface area contributed by atoms with Crippen LogP contribution in [0.2, 0.25) is 0 Å². The van der Waals surface area contributed by atoms with E-state index in [0.717, 1.165) is 12.8 Å². The summed E-state index contributed by atoms with van der Waals surface area (Å²) in [5, 5.41) is 12.6. The fourth-order valence-electron chi connectivity index (χ4n) is 3.26. The van der Waals surface area contributed by atoms with Gasteiger partial charge in [-0.05, 0) is 55.7 Å². The number of aliphatic hydroxyl groups excluding tert-OH is 1. The van der Waals surface area contributed by atoms with E-state index in [1.54, 1.807) is 5.56 Å². The van der Waals surface area contributed by atoms with Gasteiger partial charge in [-0.2, -0.15) is 0 Å². The van der Waals surface area contributed by atoms with Gasteiger partial charge in [0, 0.05) is 18.7 Å². The fourth-order valence-corrected chi connectivity index (χ4v) is 3.26. The maximum Gasteiger partial charge on any atom is 0.0431 e. The zero-order chi connectivity index (χ0) is 13.1. The zero-order valence-electron chi connectivity index (χ0n) is 11.7. The Hall–Kier alpha value is -0.860. The molecular weight excluding hydrogens is 222 g/mol. The predicted octanol–water partition coefficient (Wildman–Crippen LogP) is 3.29. The molecule has 0 saturated heterocycles. The van der Waals surface area contributed by atoms with Gasteiger partial charge in [-0.3, -0.25) is 0 Å². The van der Waals surface area contributed by atoms with Gasteiger partial charge in [-0.1, -0.05) is 25.1 Å². The summed E-state index contributed by atoms with van der Waals surface area (Å²) in [4.78, 5) is 0. The molecule has 1 aromatic rings. The van der Waals surface area contributed by atoms with Crippen molar-refractivity contribution in [3.05, 3.63) is 34.9 Å². The molecule has 3 unspecified atom stereocenters. The number of rotatable bonds is 5. The molecule has 1 aliphatic carbocycles. The Balaban J connectivity index is 2.07. The minimum Gasteiger partial charge on any atom is -0.396 e. The third-order valence-electron chi connectivity index (χ3n) is 4.10. The minimum atomic E-state index is 0.294. The fraction of sp³-hybridized carbons (Fsp3) is 0.625. The lowest BCUT2D eigenvalue weighted by molar-refractivity contribution is 0.273. The van der Waals surface area contributed by atoms with E-state index >= 15 is 0 Å². The van der Waals surface area contributed by atoms with Crippen molar-refractivity contribution < 1.29 is 5.11 Å². The second kappa shape index (κ2) is 5.85. The third kappa shape index (κ3) is 2.76. The molecular formula is C16H25NO. The van der Waals surface area contributed by atoms with Crippen LogP contribution in [0, 0.1) is 6.92 Å². The van der Waals surface area contributed by atoms with Crippen LogP contribution in [-0.4, -0.2) is 17.8 Å². The summed E-state index contributed by atoms with van der Waals surface area (Å²) in [6, 6.07) is 7.61. The molecule has 2 nitrogen and oxygen atoms in total. The van der Waals surface area contributed by atoms with Gasteiger partial charge in [0.1, 0.15) is 0 Å². The molecule has 1 aromatic carbocycles. The lowest BCUT2D eigenvalue weighted by atomic mass is 9.98. The summed E-state index contributed by atoms with van der Waals surface area (Å²) in [6.07, 6.45) is 3.13. The second-order valence-electron chi connectivity index (χ2n) is 5.70. The van der Waals surface area contributed by atoms with Crippen LogP contribution in [0.4, 0.5) is 0 Å². The summed E-state index contributed by atoms with van der Waals surface area (Å²) in [5.41, 5.74) is 4.45. The predicted molar refractivity (Wildman–Crippen MR) is 75.9 cm³/mol. The molecule has 0 spiro atoms. The second-order valence-corrected chi connectivity index (χ2v) is 5.70. The maximum absolute atomic E-state index is 8.88. The minimum absolute atomic E-state index is 0.294. The van der Waals surface area contributed by atoms with Gasteiger partial charge in [-0.15, -0.1) is 0 Å². The van der Waals surface area contributed by atoms with Crippen LogP contribution in [0.5, 0.6) is 0 Å². The van der Waals surface area contributed by atoms with Crippen LogP contribution in [0.3, 0.4) is 0 Å².